The van der Waals surface area contributed by atoms with E-state index >= 15 is 0 Å². The molecule has 17 heavy (non-hydrogen) atoms. The van der Waals surface area contributed by atoms with E-state index in [1.165, 1.54) is 13.2 Å². The SMILES string of the molecule is COc1cccc(F)c1C1(C)CC(Cl)CCO1. The van der Waals surface area contributed by atoms with Gasteiger partial charge in [-0.2, -0.15) is 0 Å². The molecule has 2 nitrogen and oxygen atoms in total. The van der Waals surface area contributed by atoms with Gasteiger partial charge in [-0.05, 0) is 31.9 Å². The second-order valence-corrected chi connectivity index (χ2v) is 5.10. The molecule has 4 heteroatoms. The van der Waals surface area contributed by atoms with E-state index < -0.39 is 5.60 Å². The Kier molecular flexibility index (Phi) is 3.59. The zero-order chi connectivity index (χ0) is 12.5. The van der Waals surface area contributed by atoms with Crippen molar-refractivity contribution in [2.45, 2.75) is 30.7 Å². The van der Waals surface area contributed by atoms with E-state index in [1.807, 2.05) is 6.92 Å². The monoisotopic (exact) mass is 258 g/mol. The Balaban J connectivity index is 2.44. The van der Waals surface area contributed by atoms with Gasteiger partial charge >= 0.3 is 0 Å². The maximum Gasteiger partial charge on any atom is 0.133 e. The summed E-state index contributed by atoms with van der Waals surface area (Å²) in [6, 6.07) is 4.79. The highest BCUT2D eigenvalue weighted by Gasteiger charge is 2.38. The van der Waals surface area contributed by atoms with Gasteiger partial charge in [0.15, 0.2) is 0 Å². The third-order valence-corrected chi connectivity index (χ3v) is 3.56. The summed E-state index contributed by atoms with van der Waals surface area (Å²) in [5.41, 5.74) is -0.241. The lowest BCUT2D eigenvalue weighted by atomic mass is 9.87. The van der Waals surface area contributed by atoms with Crippen LogP contribution >= 0.6 is 11.6 Å². The first-order chi connectivity index (χ1) is 8.07. The maximum absolute atomic E-state index is 14.0. The van der Waals surface area contributed by atoms with Crippen LogP contribution in [0.1, 0.15) is 25.3 Å². The van der Waals surface area contributed by atoms with Crippen LogP contribution < -0.4 is 4.74 Å². The minimum Gasteiger partial charge on any atom is -0.496 e. The Bertz CT molecular complexity index is 410. The molecule has 1 heterocycles. The first-order valence-corrected chi connectivity index (χ1v) is 6.11. The van der Waals surface area contributed by atoms with Crippen LogP contribution in [0.15, 0.2) is 18.2 Å². The summed E-state index contributed by atoms with van der Waals surface area (Å²) < 4.78 is 24.9. The van der Waals surface area contributed by atoms with E-state index in [1.54, 1.807) is 12.1 Å². The average Bonchev–Trinajstić information content (AvgIpc) is 2.27. The van der Waals surface area contributed by atoms with Crippen molar-refractivity contribution >= 4 is 11.6 Å². The summed E-state index contributed by atoms with van der Waals surface area (Å²) >= 11 is 6.16. The molecule has 1 aromatic rings. The minimum atomic E-state index is -0.707. The molecule has 2 unspecified atom stereocenters. The highest BCUT2D eigenvalue weighted by Crippen LogP contribution is 2.42. The van der Waals surface area contributed by atoms with Crippen molar-refractivity contribution in [3.8, 4) is 5.75 Å². The Morgan fingerprint density at radius 2 is 2.29 bits per heavy atom. The van der Waals surface area contributed by atoms with Gasteiger partial charge in [-0.15, -0.1) is 11.6 Å². The summed E-state index contributed by atoms with van der Waals surface area (Å²) in [5, 5.41) is 0.0121. The number of rotatable bonds is 2. The fraction of sp³-hybridized carbons (Fsp3) is 0.538. The van der Waals surface area contributed by atoms with Crippen molar-refractivity contribution in [1.82, 2.24) is 0 Å². The van der Waals surface area contributed by atoms with Crippen LogP contribution in [0.2, 0.25) is 0 Å². The lowest BCUT2D eigenvalue weighted by molar-refractivity contribution is -0.0716. The zero-order valence-electron chi connectivity index (χ0n) is 10.0. The second-order valence-electron chi connectivity index (χ2n) is 4.49. The number of benzene rings is 1. The summed E-state index contributed by atoms with van der Waals surface area (Å²) in [5.74, 6) is 0.205. The van der Waals surface area contributed by atoms with Crippen LogP contribution in [0.4, 0.5) is 4.39 Å². The van der Waals surface area contributed by atoms with Gasteiger partial charge in [-0.25, -0.2) is 4.39 Å². The Hall–Kier alpha value is -0.800. The molecule has 0 N–H and O–H groups in total. The van der Waals surface area contributed by atoms with E-state index in [0.29, 0.717) is 24.3 Å². The van der Waals surface area contributed by atoms with Gasteiger partial charge in [-0.3, -0.25) is 0 Å². The van der Waals surface area contributed by atoms with Crippen molar-refractivity contribution in [2.75, 3.05) is 13.7 Å². The van der Waals surface area contributed by atoms with Crippen molar-refractivity contribution in [2.24, 2.45) is 0 Å². The predicted molar refractivity (Wildman–Crippen MR) is 65.1 cm³/mol. The van der Waals surface area contributed by atoms with Crippen LogP contribution in [0.5, 0.6) is 5.75 Å². The molecule has 1 saturated heterocycles. The fourth-order valence-corrected chi connectivity index (χ4v) is 2.74. The summed E-state index contributed by atoms with van der Waals surface area (Å²) in [6.45, 7) is 2.41. The average molecular weight is 259 g/mol. The van der Waals surface area contributed by atoms with Crippen LogP contribution in [0.25, 0.3) is 0 Å². The first kappa shape index (κ1) is 12.7. The first-order valence-electron chi connectivity index (χ1n) is 5.68. The number of alkyl halides is 1. The maximum atomic E-state index is 14.0. The second kappa shape index (κ2) is 4.83. The Labute approximate surface area is 106 Å². The van der Waals surface area contributed by atoms with Gasteiger partial charge < -0.3 is 9.47 Å². The molecular weight excluding hydrogens is 243 g/mol. The lowest BCUT2D eigenvalue weighted by Gasteiger charge is -2.37. The number of hydrogen-bond donors (Lipinski definition) is 0. The number of methoxy groups -OCH3 is 1. The molecule has 2 rings (SSSR count). The van der Waals surface area contributed by atoms with Crippen LogP contribution in [0, 0.1) is 5.82 Å². The molecule has 1 aliphatic heterocycles. The molecule has 1 aliphatic rings. The van der Waals surface area contributed by atoms with E-state index in [9.17, 15) is 4.39 Å². The summed E-state index contributed by atoms with van der Waals surface area (Å²) in [6.07, 6.45) is 1.39. The Morgan fingerprint density at radius 1 is 1.53 bits per heavy atom. The molecule has 0 saturated carbocycles. The highest BCUT2D eigenvalue weighted by atomic mass is 35.5. The van der Waals surface area contributed by atoms with Gasteiger partial charge in [0.1, 0.15) is 11.6 Å². The van der Waals surface area contributed by atoms with Gasteiger partial charge in [0.05, 0.1) is 18.3 Å². The van der Waals surface area contributed by atoms with Crippen molar-refractivity contribution in [3.63, 3.8) is 0 Å². The van der Waals surface area contributed by atoms with E-state index in [2.05, 4.69) is 0 Å². The van der Waals surface area contributed by atoms with E-state index in [0.717, 1.165) is 6.42 Å². The molecule has 0 radical (unpaired) electrons. The molecule has 0 aliphatic carbocycles. The predicted octanol–water partition coefficient (Wildman–Crippen LogP) is 3.47. The third-order valence-electron chi connectivity index (χ3n) is 3.19. The lowest BCUT2D eigenvalue weighted by Crippen LogP contribution is -2.36. The standard InChI is InChI=1S/C13H16ClFO2/c1-13(8-9(14)6-7-17-13)12-10(15)4-3-5-11(12)16-2/h3-5,9H,6-8H2,1-2H3. The topological polar surface area (TPSA) is 18.5 Å². The van der Waals surface area contributed by atoms with Crippen LogP contribution in [-0.4, -0.2) is 19.1 Å². The molecule has 0 bridgehead atoms. The van der Waals surface area contributed by atoms with Gasteiger partial charge in [0.2, 0.25) is 0 Å². The van der Waals surface area contributed by atoms with Gasteiger partial charge in [-0.1, -0.05) is 6.07 Å². The van der Waals surface area contributed by atoms with E-state index in [4.69, 9.17) is 21.1 Å². The van der Waals surface area contributed by atoms with Crippen molar-refractivity contribution in [1.29, 1.82) is 0 Å². The summed E-state index contributed by atoms with van der Waals surface area (Å²) in [7, 11) is 1.53. The molecular formula is C13H16ClFO2. The van der Waals surface area contributed by atoms with Crippen molar-refractivity contribution < 1.29 is 13.9 Å². The molecule has 0 aromatic heterocycles. The third kappa shape index (κ3) is 2.40. The normalized spacial score (nSPS) is 29.1. The molecule has 0 amide bonds. The molecule has 2 atom stereocenters. The van der Waals surface area contributed by atoms with Crippen LogP contribution in [0.3, 0.4) is 0 Å². The number of hydrogen-bond acceptors (Lipinski definition) is 2. The molecule has 0 spiro atoms. The summed E-state index contributed by atoms with van der Waals surface area (Å²) in [4.78, 5) is 0. The number of ether oxygens (including phenoxy) is 2. The largest absolute Gasteiger partial charge is 0.496 e. The minimum absolute atomic E-state index is 0.0121. The quantitative estimate of drug-likeness (QED) is 0.757. The fourth-order valence-electron chi connectivity index (χ4n) is 2.36. The molecule has 1 aromatic carbocycles. The highest BCUT2D eigenvalue weighted by molar-refractivity contribution is 6.20. The number of halogens is 2. The Morgan fingerprint density at radius 3 is 2.94 bits per heavy atom. The van der Waals surface area contributed by atoms with E-state index in [-0.39, 0.29) is 11.2 Å². The van der Waals surface area contributed by atoms with Gasteiger partial charge in [0.25, 0.3) is 0 Å². The molecule has 1 fully saturated rings. The van der Waals surface area contributed by atoms with Gasteiger partial charge in [0, 0.05) is 12.0 Å². The molecule has 94 valence electrons. The van der Waals surface area contributed by atoms with Crippen molar-refractivity contribution in [3.05, 3.63) is 29.6 Å². The smallest absolute Gasteiger partial charge is 0.133 e. The van der Waals surface area contributed by atoms with Crippen LogP contribution in [-0.2, 0) is 10.3 Å². The zero-order valence-corrected chi connectivity index (χ0v) is 10.8.